The molecule has 3 amide bonds. The lowest BCUT2D eigenvalue weighted by atomic mass is 9.85. The number of aliphatic hydroxyl groups excluding tert-OH is 1. The number of likely N-dealkylation sites (tertiary alicyclic amines) is 1. The van der Waals surface area contributed by atoms with E-state index in [1.54, 1.807) is 29.2 Å². The zero-order valence-electron chi connectivity index (χ0n) is 42.7. The molecule has 6 aromatic rings. The molecule has 22 heteroatoms. The Balaban J connectivity index is 0.727. The fourth-order valence-corrected chi connectivity index (χ4v) is 11.2. The van der Waals surface area contributed by atoms with Crippen LogP contribution in [0.2, 0.25) is 0 Å². The maximum atomic E-state index is 15.7. The van der Waals surface area contributed by atoms with Gasteiger partial charge in [-0.25, -0.2) is 23.1 Å². The van der Waals surface area contributed by atoms with Crippen LogP contribution in [0.5, 0.6) is 5.75 Å². The number of H-pyrrole nitrogens is 1. The molecule has 2 fully saturated rings. The summed E-state index contributed by atoms with van der Waals surface area (Å²) >= 11 is 1.56. The van der Waals surface area contributed by atoms with Crippen LogP contribution in [-0.4, -0.2) is 132 Å². The first kappa shape index (κ1) is 55.8. The molecule has 76 heavy (non-hydrogen) atoms. The number of hydrogen-bond donors (Lipinski definition) is 5. The lowest BCUT2D eigenvalue weighted by Gasteiger charge is -2.35. The van der Waals surface area contributed by atoms with Crippen LogP contribution in [0, 0.1) is 24.0 Å². The van der Waals surface area contributed by atoms with Gasteiger partial charge in [0, 0.05) is 94.2 Å². The molecule has 0 bridgehead atoms. The first-order valence-corrected chi connectivity index (χ1v) is 27.4. The molecule has 0 spiro atoms. The third-order valence-electron chi connectivity index (χ3n) is 13.3. The first-order valence-electron chi connectivity index (χ1n) is 25.1. The monoisotopic (exact) mass is 1090 g/mol. The molecule has 17 nitrogen and oxygen atoms in total. The molecule has 406 valence electrons. The Morgan fingerprint density at radius 1 is 0.934 bits per heavy atom. The van der Waals surface area contributed by atoms with E-state index in [-0.39, 0.29) is 70.1 Å². The molecule has 0 aliphatic carbocycles. The average molecular weight is 1090 g/mol. The number of thiazole rings is 1. The van der Waals surface area contributed by atoms with Crippen molar-refractivity contribution in [1.29, 1.82) is 0 Å². The molecule has 4 atom stereocenters. The summed E-state index contributed by atoms with van der Waals surface area (Å²) in [7, 11) is -4.25. The molecule has 2 aliphatic heterocycles. The van der Waals surface area contributed by atoms with Gasteiger partial charge in [0.25, 0.3) is 0 Å². The Morgan fingerprint density at radius 3 is 2.36 bits per heavy atom. The summed E-state index contributed by atoms with van der Waals surface area (Å²) in [6.07, 6.45) is 2.13. The maximum absolute atomic E-state index is 15.7. The van der Waals surface area contributed by atoms with E-state index in [1.165, 1.54) is 4.90 Å². The number of nitrogens with one attached hydrogen (secondary N) is 4. The lowest BCUT2D eigenvalue weighted by Crippen LogP contribution is -2.58. The van der Waals surface area contributed by atoms with Crippen molar-refractivity contribution in [2.45, 2.75) is 90.7 Å². The van der Waals surface area contributed by atoms with Crippen LogP contribution in [0.3, 0.4) is 0 Å². The van der Waals surface area contributed by atoms with E-state index in [1.807, 2.05) is 82.3 Å². The van der Waals surface area contributed by atoms with Crippen molar-refractivity contribution >= 4 is 56.0 Å². The predicted molar refractivity (Wildman–Crippen MR) is 282 cm³/mol. The average Bonchev–Trinajstić information content (AvgIpc) is 4.22. The fourth-order valence-electron chi connectivity index (χ4n) is 9.11. The Kier molecular flexibility index (Phi) is 18.1. The Morgan fingerprint density at radius 2 is 1.66 bits per heavy atom. The SMILES string of the molecule is Cc1ncsc1-c1ccc(CNC(=O)[C@@H]2C[C@@H](O)CN2C(=O)[C@@H](NC(=O)COCCCOCCCOc2ccc(-c3cnc4[nH]cc(Cc5c(F)ccc(NS(=O)(=O)N6CC[C@@H](F)C6)c5F)c4c3)cc2)C(C)(C)C)cc1. The highest BCUT2D eigenvalue weighted by Crippen LogP contribution is 2.32. The molecule has 0 radical (unpaired) electrons. The van der Waals surface area contributed by atoms with Gasteiger partial charge in [0.15, 0.2) is 5.82 Å². The number of aryl methyl sites for hydroxylation is 1. The third kappa shape index (κ3) is 13.9. The van der Waals surface area contributed by atoms with Crippen LogP contribution in [-0.2, 0) is 47.0 Å². The Hall–Kier alpha value is -6.43. The number of aromatic nitrogens is 3. The van der Waals surface area contributed by atoms with Crippen molar-refractivity contribution < 1.29 is 55.3 Å². The molecule has 3 aromatic heterocycles. The summed E-state index contributed by atoms with van der Waals surface area (Å²) in [4.78, 5) is 54.7. The zero-order chi connectivity index (χ0) is 54.1. The van der Waals surface area contributed by atoms with E-state index in [2.05, 4.69) is 30.3 Å². The fraction of sp³-hybridized carbons (Fsp3) is 0.426. The standard InChI is InChI=1S/C54H63F3N8O9S2/c1-33-49(75-32-61-33)36-9-7-34(8-10-36)26-60-52(68)46-25-40(66)30-65(46)53(69)50(54(2,3)4)62-47(67)31-73-21-5-19-72-20-6-22-74-41-13-11-35(12-14-41)37-23-42-38(28-59-51(42)58-27-37)24-43-44(56)15-16-45(48(43)57)63-76(70,71)64-18-17-39(55)29-64/h7-16,23,27-28,32,39-40,46,50,63,66H,5-6,17-22,24-26,29-31H2,1-4H3,(H,58,59)(H,60,68)(H,62,67)/t39-,40-,46+,50-/m1/s1. The van der Waals surface area contributed by atoms with Crippen molar-refractivity contribution in [3.05, 3.63) is 119 Å². The number of aliphatic hydroxyl groups is 1. The second-order valence-electron chi connectivity index (χ2n) is 20.0. The van der Waals surface area contributed by atoms with Crippen molar-refractivity contribution in [3.8, 4) is 27.3 Å². The Labute approximate surface area is 443 Å². The van der Waals surface area contributed by atoms with Crippen LogP contribution in [0.4, 0.5) is 18.9 Å². The minimum atomic E-state index is -4.25. The predicted octanol–water partition coefficient (Wildman–Crippen LogP) is 7.23. The van der Waals surface area contributed by atoms with E-state index < -0.39 is 69.1 Å². The van der Waals surface area contributed by atoms with E-state index in [0.717, 1.165) is 49.3 Å². The summed E-state index contributed by atoms with van der Waals surface area (Å²) in [5.74, 6) is -2.61. The molecule has 5 N–H and O–H groups in total. The highest BCUT2D eigenvalue weighted by atomic mass is 32.2. The van der Waals surface area contributed by atoms with Gasteiger partial charge in [0.05, 0.1) is 34.5 Å². The van der Waals surface area contributed by atoms with Gasteiger partial charge < -0.3 is 39.8 Å². The number of hydrogen-bond acceptors (Lipinski definition) is 12. The van der Waals surface area contributed by atoms with Gasteiger partial charge in [-0.2, -0.15) is 12.7 Å². The number of ether oxygens (including phenoxy) is 3. The normalized spacial score (nSPS) is 17.5. The van der Waals surface area contributed by atoms with Crippen molar-refractivity contribution in [2.75, 3.05) is 57.4 Å². The van der Waals surface area contributed by atoms with E-state index in [0.29, 0.717) is 55.0 Å². The summed E-state index contributed by atoms with van der Waals surface area (Å²) in [6, 6.07) is 17.2. The summed E-state index contributed by atoms with van der Waals surface area (Å²) in [6.45, 7) is 8.41. The number of amides is 3. The summed E-state index contributed by atoms with van der Waals surface area (Å²) in [5, 5.41) is 16.9. The number of anilines is 1. The number of benzene rings is 3. The van der Waals surface area contributed by atoms with Crippen LogP contribution in [0.25, 0.3) is 32.6 Å². The quantitative estimate of drug-likeness (QED) is 0.0403. The van der Waals surface area contributed by atoms with Gasteiger partial charge >= 0.3 is 10.2 Å². The molecule has 8 rings (SSSR count). The van der Waals surface area contributed by atoms with Crippen LogP contribution in [0.1, 0.15) is 68.8 Å². The van der Waals surface area contributed by atoms with Gasteiger partial charge in [0.1, 0.15) is 42.1 Å². The van der Waals surface area contributed by atoms with Crippen molar-refractivity contribution in [2.24, 2.45) is 5.41 Å². The largest absolute Gasteiger partial charge is 0.494 e. The van der Waals surface area contributed by atoms with E-state index in [4.69, 9.17) is 14.2 Å². The molecular weight excluding hydrogens is 1030 g/mol. The highest BCUT2D eigenvalue weighted by molar-refractivity contribution is 7.90. The van der Waals surface area contributed by atoms with Crippen LogP contribution >= 0.6 is 11.3 Å². The molecule has 2 saturated heterocycles. The number of fused-ring (bicyclic) bond motifs is 1. The zero-order valence-corrected chi connectivity index (χ0v) is 44.4. The molecule has 3 aromatic carbocycles. The second-order valence-corrected chi connectivity index (χ2v) is 22.6. The van der Waals surface area contributed by atoms with Crippen LogP contribution < -0.4 is 20.1 Å². The van der Waals surface area contributed by atoms with Crippen LogP contribution in [0.15, 0.2) is 84.6 Å². The van der Waals surface area contributed by atoms with E-state index in [9.17, 15) is 32.3 Å². The highest BCUT2D eigenvalue weighted by Gasteiger charge is 2.44. The number of aromatic amines is 1. The van der Waals surface area contributed by atoms with E-state index >= 15 is 8.78 Å². The van der Waals surface area contributed by atoms with Crippen molar-refractivity contribution in [3.63, 3.8) is 0 Å². The molecule has 0 saturated carbocycles. The van der Waals surface area contributed by atoms with Crippen molar-refractivity contribution in [1.82, 2.24) is 34.8 Å². The number of pyridine rings is 1. The molecular formula is C54H63F3N8O9S2. The Bertz CT molecular complexity index is 3100. The topological polar surface area (TPSA) is 217 Å². The summed E-state index contributed by atoms with van der Waals surface area (Å²) in [5.41, 5.74) is 5.78. The maximum Gasteiger partial charge on any atom is 0.301 e. The molecule has 0 unspecified atom stereocenters. The number of carbonyl (C=O) groups excluding carboxylic acids is 3. The number of β-amino-alcohol motifs (C(OH)–C–C–N with tert-alkyl or cyclic N) is 1. The van der Waals surface area contributed by atoms with Gasteiger partial charge in [-0.05, 0) is 77.8 Å². The van der Waals surface area contributed by atoms with Gasteiger partial charge in [-0.3, -0.25) is 19.1 Å². The minimum Gasteiger partial charge on any atom is -0.494 e. The smallest absolute Gasteiger partial charge is 0.301 e. The lowest BCUT2D eigenvalue weighted by molar-refractivity contribution is -0.144. The second kappa shape index (κ2) is 24.7. The summed E-state index contributed by atoms with van der Waals surface area (Å²) < 4.78 is 90.3. The number of rotatable bonds is 23. The number of alkyl halides is 1. The van der Waals surface area contributed by atoms with Gasteiger partial charge in [-0.15, -0.1) is 11.3 Å². The van der Waals surface area contributed by atoms with Gasteiger partial charge in [-0.1, -0.05) is 57.2 Å². The minimum absolute atomic E-state index is 0.0334. The number of nitrogens with zero attached hydrogens (tertiary/aromatic N) is 4. The third-order valence-corrected chi connectivity index (χ3v) is 15.7. The first-order chi connectivity index (χ1) is 36.3. The molecule has 5 heterocycles. The molecule has 2 aliphatic rings. The number of carbonyl (C=O) groups is 3. The number of halogens is 3. The van der Waals surface area contributed by atoms with Gasteiger partial charge in [0.2, 0.25) is 17.7 Å².